The molecule has 0 aromatic heterocycles. The van der Waals surface area contributed by atoms with Crippen LogP contribution in [0.2, 0.25) is 0 Å². The van der Waals surface area contributed by atoms with Crippen molar-refractivity contribution in [1.82, 2.24) is 5.32 Å². The predicted octanol–water partition coefficient (Wildman–Crippen LogP) is 3.63. The fourth-order valence-electron chi connectivity index (χ4n) is 2.87. The molecule has 136 valence electrons. The topological polar surface area (TPSA) is 84.2 Å². The van der Waals surface area contributed by atoms with E-state index in [1.807, 2.05) is 60.7 Å². The first-order valence-corrected chi connectivity index (χ1v) is 8.67. The molecule has 0 bridgehead atoms. The summed E-state index contributed by atoms with van der Waals surface area (Å²) in [7, 11) is 0. The summed E-state index contributed by atoms with van der Waals surface area (Å²) in [4.78, 5) is 24.3. The molecule has 0 aliphatic carbocycles. The van der Waals surface area contributed by atoms with E-state index in [1.165, 1.54) is 0 Å². The van der Waals surface area contributed by atoms with Crippen LogP contribution in [0.15, 0.2) is 84.9 Å². The van der Waals surface area contributed by atoms with Gasteiger partial charge in [0.25, 0.3) is 0 Å². The van der Waals surface area contributed by atoms with Crippen molar-refractivity contribution in [2.75, 3.05) is 5.32 Å². The summed E-state index contributed by atoms with van der Waals surface area (Å²) in [6.07, 6.45) is 0.690. The minimum absolute atomic E-state index is 0.483. The molecular weight excluding hydrogens is 338 g/mol. The summed E-state index contributed by atoms with van der Waals surface area (Å²) in [6.45, 7) is 0. The van der Waals surface area contributed by atoms with Crippen LogP contribution in [-0.4, -0.2) is 11.9 Å². The molecule has 0 saturated carbocycles. The Bertz CT molecular complexity index is 911. The van der Waals surface area contributed by atoms with E-state index in [-0.39, 0.29) is 0 Å². The molecule has 0 aliphatic rings. The Kier molecular flexibility index (Phi) is 5.84. The third-order valence-corrected chi connectivity index (χ3v) is 4.20. The minimum atomic E-state index is -0.896. The van der Waals surface area contributed by atoms with E-state index >= 15 is 0 Å². The van der Waals surface area contributed by atoms with Gasteiger partial charge in [0, 0.05) is 5.69 Å². The molecule has 5 heteroatoms. The Morgan fingerprint density at radius 2 is 1.41 bits per heavy atom. The van der Waals surface area contributed by atoms with Crippen molar-refractivity contribution in [3.05, 3.63) is 102 Å². The fraction of sp³-hybridized carbons (Fsp3) is 0.0909. The van der Waals surface area contributed by atoms with Crippen molar-refractivity contribution in [3.8, 4) is 0 Å². The Morgan fingerprint density at radius 1 is 0.815 bits per heavy atom. The molecule has 0 radical (unpaired) electrons. The molecule has 0 aliphatic heterocycles. The highest BCUT2D eigenvalue weighted by atomic mass is 16.2. The Hall–Kier alpha value is -3.60. The zero-order chi connectivity index (χ0) is 19.1. The third kappa shape index (κ3) is 4.95. The average Bonchev–Trinajstić information content (AvgIpc) is 2.69. The van der Waals surface area contributed by atoms with Gasteiger partial charge >= 0.3 is 6.03 Å². The van der Waals surface area contributed by atoms with E-state index in [0.717, 1.165) is 11.1 Å². The van der Waals surface area contributed by atoms with Gasteiger partial charge in [-0.05, 0) is 29.2 Å². The third-order valence-electron chi connectivity index (χ3n) is 4.20. The fourth-order valence-corrected chi connectivity index (χ4v) is 2.87. The van der Waals surface area contributed by atoms with Gasteiger partial charge in [-0.2, -0.15) is 0 Å². The Morgan fingerprint density at radius 3 is 2.07 bits per heavy atom. The van der Waals surface area contributed by atoms with Gasteiger partial charge in [-0.1, -0.05) is 78.9 Å². The number of nitrogens with two attached hydrogens (primary N) is 1. The zero-order valence-corrected chi connectivity index (χ0v) is 14.8. The smallest absolute Gasteiger partial charge is 0.320 e. The maximum Gasteiger partial charge on any atom is 0.320 e. The Labute approximate surface area is 158 Å². The SMILES string of the molecule is NC(=O)[C@@H](NC(=O)Nc1ccccc1Cc1ccccc1)c1ccccc1. The minimum Gasteiger partial charge on any atom is -0.368 e. The zero-order valence-electron chi connectivity index (χ0n) is 14.8. The van der Waals surface area contributed by atoms with Crippen molar-refractivity contribution >= 4 is 17.6 Å². The number of para-hydroxylation sites is 1. The molecule has 5 nitrogen and oxygen atoms in total. The van der Waals surface area contributed by atoms with Crippen LogP contribution in [0.1, 0.15) is 22.7 Å². The second-order valence-electron chi connectivity index (χ2n) is 6.16. The van der Waals surface area contributed by atoms with Gasteiger partial charge in [0.1, 0.15) is 6.04 Å². The number of benzene rings is 3. The molecule has 3 aromatic rings. The van der Waals surface area contributed by atoms with E-state index < -0.39 is 18.0 Å². The highest BCUT2D eigenvalue weighted by Crippen LogP contribution is 2.19. The van der Waals surface area contributed by atoms with Crippen molar-refractivity contribution < 1.29 is 9.59 Å². The quantitative estimate of drug-likeness (QED) is 0.628. The van der Waals surface area contributed by atoms with Crippen LogP contribution in [0.25, 0.3) is 0 Å². The predicted molar refractivity (Wildman–Crippen MR) is 106 cm³/mol. The molecule has 0 heterocycles. The number of carbonyl (C=O) groups is 2. The van der Waals surface area contributed by atoms with Crippen LogP contribution in [0.4, 0.5) is 10.5 Å². The second kappa shape index (κ2) is 8.67. The van der Waals surface area contributed by atoms with Crippen LogP contribution < -0.4 is 16.4 Å². The number of primary amides is 1. The van der Waals surface area contributed by atoms with Gasteiger partial charge in [-0.3, -0.25) is 4.79 Å². The first-order valence-electron chi connectivity index (χ1n) is 8.67. The first kappa shape index (κ1) is 18.2. The summed E-state index contributed by atoms with van der Waals surface area (Å²) in [5, 5.41) is 5.48. The molecule has 4 N–H and O–H groups in total. The summed E-state index contributed by atoms with van der Waals surface area (Å²) in [5.41, 5.74) is 8.91. The molecular formula is C22H21N3O2. The van der Waals surface area contributed by atoms with Crippen LogP contribution in [0.3, 0.4) is 0 Å². The van der Waals surface area contributed by atoms with Crippen LogP contribution >= 0.6 is 0 Å². The standard InChI is InChI=1S/C22H21N3O2/c23-21(26)20(17-11-5-2-6-12-17)25-22(27)24-19-14-8-7-13-18(19)15-16-9-3-1-4-10-16/h1-14,20H,15H2,(H2,23,26)(H2,24,25,27)/t20-/m0/s1. The molecule has 0 unspecified atom stereocenters. The number of urea groups is 1. The largest absolute Gasteiger partial charge is 0.368 e. The molecule has 0 spiro atoms. The summed E-state index contributed by atoms with van der Waals surface area (Å²) < 4.78 is 0. The van der Waals surface area contributed by atoms with Crippen molar-refractivity contribution in [2.24, 2.45) is 5.73 Å². The lowest BCUT2D eigenvalue weighted by Gasteiger charge is -2.17. The maximum atomic E-state index is 12.5. The lowest BCUT2D eigenvalue weighted by molar-refractivity contribution is -0.119. The Balaban J connectivity index is 1.73. The average molecular weight is 359 g/mol. The molecule has 3 rings (SSSR count). The van der Waals surface area contributed by atoms with E-state index in [0.29, 0.717) is 17.7 Å². The molecule has 0 fully saturated rings. The van der Waals surface area contributed by atoms with E-state index in [1.54, 1.807) is 24.3 Å². The number of hydrogen-bond acceptors (Lipinski definition) is 2. The number of carbonyl (C=O) groups excluding carboxylic acids is 2. The maximum absolute atomic E-state index is 12.5. The van der Waals surface area contributed by atoms with Gasteiger partial charge < -0.3 is 16.4 Å². The number of nitrogens with one attached hydrogen (secondary N) is 2. The second-order valence-corrected chi connectivity index (χ2v) is 6.16. The molecule has 27 heavy (non-hydrogen) atoms. The summed E-state index contributed by atoms with van der Waals surface area (Å²) in [6, 6.07) is 25.1. The summed E-state index contributed by atoms with van der Waals surface area (Å²) >= 11 is 0. The van der Waals surface area contributed by atoms with Crippen LogP contribution in [0.5, 0.6) is 0 Å². The van der Waals surface area contributed by atoms with Crippen molar-refractivity contribution in [3.63, 3.8) is 0 Å². The van der Waals surface area contributed by atoms with Crippen molar-refractivity contribution in [2.45, 2.75) is 12.5 Å². The van der Waals surface area contributed by atoms with Gasteiger partial charge in [0.05, 0.1) is 0 Å². The van der Waals surface area contributed by atoms with E-state index in [4.69, 9.17) is 5.73 Å². The van der Waals surface area contributed by atoms with Crippen molar-refractivity contribution in [1.29, 1.82) is 0 Å². The number of anilines is 1. The molecule has 1 atom stereocenters. The first-order chi connectivity index (χ1) is 13.1. The normalized spacial score (nSPS) is 11.4. The molecule has 0 saturated heterocycles. The van der Waals surface area contributed by atoms with Gasteiger partial charge in [-0.25, -0.2) is 4.79 Å². The molecule has 3 amide bonds. The van der Waals surface area contributed by atoms with E-state index in [2.05, 4.69) is 10.6 Å². The summed E-state index contributed by atoms with van der Waals surface area (Å²) in [5.74, 6) is -0.617. The van der Waals surface area contributed by atoms with Gasteiger partial charge in [0.15, 0.2) is 0 Å². The lowest BCUT2D eigenvalue weighted by Crippen LogP contribution is -2.39. The number of rotatable bonds is 6. The number of amides is 3. The lowest BCUT2D eigenvalue weighted by atomic mass is 10.0. The molecule has 3 aromatic carbocycles. The van der Waals surface area contributed by atoms with Gasteiger partial charge in [-0.15, -0.1) is 0 Å². The van der Waals surface area contributed by atoms with Crippen LogP contribution in [0, 0.1) is 0 Å². The van der Waals surface area contributed by atoms with Crippen LogP contribution in [-0.2, 0) is 11.2 Å². The van der Waals surface area contributed by atoms with Gasteiger partial charge in [0.2, 0.25) is 5.91 Å². The number of hydrogen-bond donors (Lipinski definition) is 3. The monoisotopic (exact) mass is 359 g/mol. The highest BCUT2D eigenvalue weighted by Gasteiger charge is 2.20. The highest BCUT2D eigenvalue weighted by molar-refractivity contribution is 5.94. The van der Waals surface area contributed by atoms with E-state index in [9.17, 15) is 9.59 Å².